The number of halogens is 1. The van der Waals surface area contributed by atoms with Crippen LogP contribution in [0.2, 0.25) is 0 Å². The van der Waals surface area contributed by atoms with Gasteiger partial charge in [-0.1, -0.05) is 24.2 Å². The van der Waals surface area contributed by atoms with Crippen molar-refractivity contribution in [3.05, 3.63) is 35.7 Å². The molecule has 1 aliphatic carbocycles. The number of hydrogen-bond acceptors (Lipinski definition) is 5. The van der Waals surface area contributed by atoms with Crippen LogP contribution in [0.15, 0.2) is 33.8 Å². The molecule has 1 aromatic carbocycles. The Morgan fingerprint density at radius 3 is 2.67 bits per heavy atom. The van der Waals surface area contributed by atoms with E-state index in [0.717, 1.165) is 75.4 Å². The molecule has 7 nitrogen and oxygen atoms in total. The van der Waals surface area contributed by atoms with Crippen LogP contribution >= 0.6 is 24.0 Å². The van der Waals surface area contributed by atoms with E-state index in [4.69, 9.17) is 9.26 Å². The van der Waals surface area contributed by atoms with Gasteiger partial charge in [-0.2, -0.15) is 4.98 Å². The van der Waals surface area contributed by atoms with Gasteiger partial charge < -0.3 is 19.9 Å². The Labute approximate surface area is 196 Å². The Morgan fingerprint density at radius 1 is 1.20 bits per heavy atom. The number of nitrogens with zero attached hydrogens (tertiary/aromatic N) is 3. The maximum absolute atomic E-state index is 5.66. The van der Waals surface area contributed by atoms with Gasteiger partial charge in [0.15, 0.2) is 11.8 Å². The van der Waals surface area contributed by atoms with Crippen LogP contribution < -0.4 is 10.6 Å². The summed E-state index contributed by atoms with van der Waals surface area (Å²) in [7, 11) is 0. The van der Waals surface area contributed by atoms with E-state index < -0.39 is 0 Å². The van der Waals surface area contributed by atoms with Crippen molar-refractivity contribution >= 4 is 29.9 Å². The fraction of sp³-hybridized carbons (Fsp3) is 0.591. The van der Waals surface area contributed by atoms with E-state index >= 15 is 0 Å². The Hall–Kier alpha value is -1.68. The molecule has 166 valence electrons. The molecular weight excluding hydrogens is 493 g/mol. The number of benzene rings is 1. The summed E-state index contributed by atoms with van der Waals surface area (Å²) < 4.78 is 11.0. The van der Waals surface area contributed by atoms with E-state index in [0.29, 0.717) is 5.89 Å². The molecule has 3 rings (SSSR count). The average molecular weight is 527 g/mol. The lowest BCUT2D eigenvalue weighted by atomic mass is 10.1. The van der Waals surface area contributed by atoms with Gasteiger partial charge in [-0.05, 0) is 56.2 Å². The molecule has 1 saturated carbocycles. The van der Waals surface area contributed by atoms with E-state index in [-0.39, 0.29) is 24.0 Å². The van der Waals surface area contributed by atoms with E-state index in [1.165, 1.54) is 18.4 Å². The number of hydrogen-bond donors (Lipinski definition) is 2. The quantitative estimate of drug-likeness (QED) is 0.189. The Morgan fingerprint density at radius 2 is 2.00 bits per heavy atom. The highest BCUT2D eigenvalue weighted by molar-refractivity contribution is 14.0. The van der Waals surface area contributed by atoms with E-state index in [2.05, 4.69) is 44.8 Å². The third-order valence-electron chi connectivity index (χ3n) is 4.80. The van der Waals surface area contributed by atoms with E-state index in [1.807, 2.05) is 19.1 Å². The minimum absolute atomic E-state index is 0. The average Bonchev–Trinajstić information content (AvgIpc) is 3.44. The van der Waals surface area contributed by atoms with E-state index in [9.17, 15) is 0 Å². The van der Waals surface area contributed by atoms with Gasteiger partial charge in [-0.3, -0.25) is 4.99 Å². The van der Waals surface area contributed by atoms with Crippen LogP contribution in [0, 0.1) is 5.92 Å². The molecule has 1 aliphatic rings. The van der Waals surface area contributed by atoms with Crippen LogP contribution in [-0.4, -0.2) is 48.9 Å². The third-order valence-corrected chi connectivity index (χ3v) is 4.80. The number of aryl methyl sites for hydroxylation is 1. The molecule has 30 heavy (non-hydrogen) atoms. The molecule has 2 N–H and O–H groups in total. The number of aromatic nitrogens is 2. The SMILES string of the molecule is CCNC(=NCCCOCC1CC1)NCCc1ccc(-c2nc(CC)no2)cc1.I. The topological polar surface area (TPSA) is 84.6 Å². The normalized spacial score (nSPS) is 13.7. The van der Waals surface area contributed by atoms with Crippen LogP contribution in [0.25, 0.3) is 11.5 Å². The maximum Gasteiger partial charge on any atom is 0.257 e. The van der Waals surface area contributed by atoms with Crippen molar-refractivity contribution < 1.29 is 9.26 Å². The molecular formula is C22H34IN5O2. The molecule has 1 fully saturated rings. The number of aliphatic imine (C=N–C) groups is 1. The predicted octanol–water partition coefficient (Wildman–Crippen LogP) is 3.83. The molecule has 8 heteroatoms. The molecule has 0 bridgehead atoms. The van der Waals surface area contributed by atoms with Gasteiger partial charge in [0.2, 0.25) is 0 Å². The molecule has 0 saturated heterocycles. The predicted molar refractivity (Wildman–Crippen MR) is 130 cm³/mol. The fourth-order valence-corrected chi connectivity index (χ4v) is 2.89. The summed E-state index contributed by atoms with van der Waals surface area (Å²) >= 11 is 0. The Balaban J connectivity index is 0.00000320. The van der Waals surface area contributed by atoms with Crippen molar-refractivity contribution in [3.8, 4) is 11.5 Å². The van der Waals surface area contributed by atoms with Gasteiger partial charge in [-0.15, -0.1) is 24.0 Å². The summed E-state index contributed by atoms with van der Waals surface area (Å²) in [6, 6.07) is 8.27. The number of rotatable bonds is 12. The standard InChI is InChI=1S/C22H33N5O2.HI/c1-3-20-26-21(29-27-20)19-10-8-17(9-11-19)12-14-25-22(23-4-2)24-13-5-15-28-16-18-6-7-18;/h8-11,18H,3-7,12-16H2,1-2H3,(H2,23,24,25);1H. The first-order valence-electron chi connectivity index (χ1n) is 10.8. The largest absolute Gasteiger partial charge is 0.381 e. The van der Waals surface area contributed by atoms with Gasteiger partial charge in [-0.25, -0.2) is 0 Å². The molecule has 1 aromatic heterocycles. The van der Waals surface area contributed by atoms with Crippen LogP contribution in [0.1, 0.15) is 44.5 Å². The Kier molecular flexibility index (Phi) is 11.1. The van der Waals surface area contributed by atoms with Crippen molar-refractivity contribution in [2.24, 2.45) is 10.9 Å². The second-order valence-corrected chi connectivity index (χ2v) is 7.38. The first kappa shape index (κ1) is 24.6. The summed E-state index contributed by atoms with van der Waals surface area (Å²) in [4.78, 5) is 9.00. The van der Waals surface area contributed by atoms with Crippen molar-refractivity contribution in [1.29, 1.82) is 0 Å². The molecule has 0 spiro atoms. The summed E-state index contributed by atoms with van der Waals surface area (Å²) in [5.41, 5.74) is 2.20. The van der Waals surface area contributed by atoms with Crippen LogP contribution in [0.5, 0.6) is 0 Å². The van der Waals surface area contributed by atoms with Crippen molar-refractivity contribution in [2.75, 3.05) is 32.8 Å². The molecule has 0 aliphatic heterocycles. The molecule has 2 aromatic rings. The number of ether oxygens (including phenoxy) is 1. The summed E-state index contributed by atoms with van der Waals surface area (Å²) in [5.74, 6) is 3.00. The highest BCUT2D eigenvalue weighted by Crippen LogP contribution is 2.28. The zero-order valence-corrected chi connectivity index (χ0v) is 20.4. The van der Waals surface area contributed by atoms with Gasteiger partial charge in [0.1, 0.15) is 0 Å². The minimum atomic E-state index is 0. The molecule has 1 heterocycles. The van der Waals surface area contributed by atoms with Crippen LogP contribution in [-0.2, 0) is 17.6 Å². The smallest absolute Gasteiger partial charge is 0.257 e. The lowest BCUT2D eigenvalue weighted by Crippen LogP contribution is -2.38. The van der Waals surface area contributed by atoms with Gasteiger partial charge >= 0.3 is 0 Å². The zero-order chi connectivity index (χ0) is 20.3. The number of guanidine groups is 1. The van der Waals surface area contributed by atoms with Crippen molar-refractivity contribution in [1.82, 2.24) is 20.8 Å². The molecule has 0 amide bonds. The van der Waals surface area contributed by atoms with Crippen LogP contribution in [0.3, 0.4) is 0 Å². The lowest BCUT2D eigenvalue weighted by Gasteiger charge is -2.11. The second-order valence-electron chi connectivity index (χ2n) is 7.38. The van der Waals surface area contributed by atoms with Crippen molar-refractivity contribution in [3.63, 3.8) is 0 Å². The monoisotopic (exact) mass is 527 g/mol. The van der Waals surface area contributed by atoms with Crippen molar-refractivity contribution in [2.45, 2.75) is 46.0 Å². The van der Waals surface area contributed by atoms with Gasteiger partial charge in [0.25, 0.3) is 5.89 Å². The highest BCUT2D eigenvalue weighted by Gasteiger charge is 2.20. The maximum atomic E-state index is 5.66. The lowest BCUT2D eigenvalue weighted by molar-refractivity contribution is 0.123. The summed E-state index contributed by atoms with van der Waals surface area (Å²) in [6.07, 6.45) is 5.33. The third kappa shape index (κ3) is 8.59. The van der Waals surface area contributed by atoms with Gasteiger partial charge in [0.05, 0.1) is 0 Å². The second kappa shape index (κ2) is 13.6. The molecule has 0 atom stereocenters. The summed E-state index contributed by atoms with van der Waals surface area (Å²) in [5, 5.41) is 10.6. The zero-order valence-electron chi connectivity index (χ0n) is 18.0. The van der Waals surface area contributed by atoms with E-state index in [1.54, 1.807) is 0 Å². The fourth-order valence-electron chi connectivity index (χ4n) is 2.89. The highest BCUT2D eigenvalue weighted by atomic mass is 127. The first-order valence-corrected chi connectivity index (χ1v) is 10.8. The first-order chi connectivity index (χ1) is 14.3. The number of nitrogens with one attached hydrogen (secondary N) is 2. The summed E-state index contributed by atoms with van der Waals surface area (Å²) in [6.45, 7) is 8.26. The Bertz CT molecular complexity index is 759. The minimum Gasteiger partial charge on any atom is -0.381 e. The molecule has 0 radical (unpaired) electrons. The van der Waals surface area contributed by atoms with Crippen LogP contribution in [0.4, 0.5) is 0 Å². The van der Waals surface area contributed by atoms with Gasteiger partial charge in [0, 0.05) is 44.8 Å². The molecule has 0 unspecified atom stereocenters.